The molecule has 3 heterocycles. The molecule has 2 aromatic heterocycles. The SMILES string of the molecule is Cc1ccc(CC(=O)N2CCC[C@H](N(C)Cc3noc(C)n3)CC2)cn1. The summed E-state index contributed by atoms with van der Waals surface area (Å²) in [6.45, 7) is 6.04. The Bertz CT molecular complexity index is 728. The third kappa shape index (κ3) is 4.88. The molecule has 1 fully saturated rings. The Balaban J connectivity index is 1.52. The first-order chi connectivity index (χ1) is 12.5. The van der Waals surface area contributed by atoms with Crippen molar-refractivity contribution in [1.82, 2.24) is 24.9 Å². The third-order valence-electron chi connectivity index (χ3n) is 4.96. The van der Waals surface area contributed by atoms with Gasteiger partial charge in [0.2, 0.25) is 11.8 Å². The van der Waals surface area contributed by atoms with Crippen LogP contribution < -0.4 is 0 Å². The molecule has 0 bridgehead atoms. The first-order valence-corrected chi connectivity index (χ1v) is 9.20. The fraction of sp³-hybridized carbons (Fsp3) is 0.579. The van der Waals surface area contributed by atoms with E-state index >= 15 is 0 Å². The summed E-state index contributed by atoms with van der Waals surface area (Å²) < 4.78 is 5.04. The Labute approximate surface area is 154 Å². The van der Waals surface area contributed by atoms with Crippen molar-refractivity contribution in [2.45, 2.75) is 52.1 Å². The minimum absolute atomic E-state index is 0.188. The molecule has 0 aromatic carbocycles. The predicted molar refractivity (Wildman–Crippen MR) is 97.4 cm³/mol. The number of hydrogen-bond acceptors (Lipinski definition) is 6. The molecule has 2 aromatic rings. The van der Waals surface area contributed by atoms with Crippen molar-refractivity contribution in [3.63, 3.8) is 0 Å². The zero-order valence-electron chi connectivity index (χ0n) is 15.8. The molecule has 1 saturated heterocycles. The maximum atomic E-state index is 12.6. The molecule has 1 aliphatic rings. The quantitative estimate of drug-likeness (QED) is 0.816. The van der Waals surface area contributed by atoms with E-state index in [1.807, 2.05) is 24.0 Å². The van der Waals surface area contributed by atoms with E-state index in [0.717, 1.165) is 43.6 Å². The number of carbonyl (C=O) groups is 1. The highest BCUT2D eigenvalue weighted by molar-refractivity contribution is 5.78. The topological polar surface area (TPSA) is 75.4 Å². The second-order valence-electron chi connectivity index (χ2n) is 7.09. The largest absolute Gasteiger partial charge is 0.342 e. The van der Waals surface area contributed by atoms with Crippen molar-refractivity contribution in [1.29, 1.82) is 0 Å². The van der Waals surface area contributed by atoms with Crippen molar-refractivity contribution in [2.24, 2.45) is 0 Å². The molecule has 140 valence electrons. The van der Waals surface area contributed by atoms with Gasteiger partial charge in [-0.05, 0) is 44.9 Å². The molecule has 7 heteroatoms. The maximum absolute atomic E-state index is 12.6. The number of rotatable bonds is 5. The normalized spacial score (nSPS) is 18.2. The molecule has 0 spiro atoms. The summed E-state index contributed by atoms with van der Waals surface area (Å²) in [5.41, 5.74) is 1.95. The van der Waals surface area contributed by atoms with Crippen LogP contribution in [-0.4, -0.2) is 57.0 Å². The smallest absolute Gasteiger partial charge is 0.227 e. The van der Waals surface area contributed by atoms with Crippen molar-refractivity contribution in [2.75, 3.05) is 20.1 Å². The van der Waals surface area contributed by atoms with Gasteiger partial charge >= 0.3 is 0 Å². The van der Waals surface area contributed by atoms with E-state index in [1.54, 1.807) is 13.1 Å². The summed E-state index contributed by atoms with van der Waals surface area (Å²) in [5.74, 6) is 1.50. The van der Waals surface area contributed by atoms with Crippen LogP contribution in [0.15, 0.2) is 22.9 Å². The van der Waals surface area contributed by atoms with E-state index in [-0.39, 0.29) is 5.91 Å². The van der Waals surface area contributed by atoms with Gasteiger partial charge in [0.1, 0.15) is 0 Å². The highest BCUT2D eigenvalue weighted by Gasteiger charge is 2.24. The maximum Gasteiger partial charge on any atom is 0.227 e. The molecular formula is C19H27N5O2. The molecule has 0 saturated carbocycles. The molecule has 0 aliphatic carbocycles. The van der Waals surface area contributed by atoms with Gasteiger partial charge in [-0.2, -0.15) is 4.98 Å². The molecule has 1 amide bonds. The average Bonchev–Trinajstić information content (AvgIpc) is 2.87. The Kier molecular flexibility index (Phi) is 5.98. The monoisotopic (exact) mass is 357 g/mol. The lowest BCUT2D eigenvalue weighted by Gasteiger charge is -2.26. The first-order valence-electron chi connectivity index (χ1n) is 9.20. The second kappa shape index (κ2) is 8.40. The minimum Gasteiger partial charge on any atom is -0.342 e. The average molecular weight is 357 g/mol. The number of likely N-dealkylation sites (tertiary alicyclic amines) is 1. The number of amides is 1. The molecule has 26 heavy (non-hydrogen) atoms. The predicted octanol–water partition coefficient (Wildman–Crippen LogP) is 2.14. The highest BCUT2D eigenvalue weighted by atomic mass is 16.5. The van der Waals surface area contributed by atoms with E-state index in [4.69, 9.17) is 4.52 Å². The van der Waals surface area contributed by atoms with Gasteiger partial charge in [-0.15, -0.1) is 0 Å². The first kappa shape index (κ1) is 18.5. The zero-order chi connectivity index (χ0) is 18.5. The summed E-state index contributed by atoms with van der Waals surface area (Å²) in [7, 11) is 2.09. The minimum atomic E-state index is 0.188. The summed E-state index contributed by atoms with van der Waals surface area (Å²) in [6.07, 6.45) is 5.27. The number of aromatic nitrogens is 3. The van der Waals surface area contributed by atoms with Gasteiger partial charge < -0.3 is 9.42 Å². The molecule has 7 nitrogen and oxygen atoms in total. The Hall–Kier alpha value is -2.28. The number of aryl methyl sites for hydroxylation is 2. The summed E-state index contributed by atoms with van der Waals surface area (Å²) in [6, 6.07) is 4.37. The standard InChI is InChI=1S/C19H27N5O2/c1-14-6-7-16(12-20-14)11-19(25)24-9-4-5-17(8-10-24)23(3)13-18-21-15(2)26-22-18/h6-7,12,17H,4-5,8-11,13H2,1-3H3/t17-/m0/s1. The Morgan fingerprint density at radius 3 is 2.85 bits per heavy atom. The van der Waals surface area contributed by atoms with Gasteiger partial charge in [-0.25, -0.2) is 0 Å². The van der Waals surface area contributed by atoms with Crippen molar-refractivity contribution in [3.05, 3.63) is 41.3 Å². The Morgan fingerprint density at radius 2 is 2.15 bits per heavy atom. The van der Waals surface area contributed by atoms with Crippen LogP contribution in [0.3, 0.4) is 0 Å². The molecule has 0 unspecified atom stereocenters. The lowest BCUT2D eigenvalue weighted by Crippen LogP contribution is -2.35. The van der Waals surface area contributed by atoms with Crippen molar-refractivity contribution >= 4 is 5.91 Å². The highest BCUT2D eigenvalue weighted by Crippen LogP contribution is 2.18. The van der Waals surface area contributed by atoms with Gasteiger partial charge in [-0.3, -0.25) is 14.7 Å². The fourth-order valence-electron chi connectivity index (χ4n) is 3.42. The van der Waals surface area contributed by atoms with E-state index in [9.17, 15) is 4.79 Å². The van der Waals surface area contributed by atoms with E-state index < -0.39 is 0 Å². The zero-order valence-corrected chi connectivity index (χ0v) is 15.8. The third-order valence-corrected chi connectivity index (χ3v) is 4.96. The molecule has 0 N–H and O–H groups in total. The fourth-order valence-corrected chi connectivity index (χ4v) is 3.42. The number of carbonyl (C=O) groups excluding carboxylic acids is 1. The van der Waals surface area contributed by atoms with Crippen molar-refractivity contribution < 1.29 is 9.32 Å². The van der Waals surface area contributed by atoms with Crippen LogP contribution in [0.25, 0.3) is 0 Å². The molecule has 1 atom stereocenters. The molecule has 3 rings (SSSR count). The Morgan fingerprint density at radius 1 is 1.31 bits per heavy atom. The van der Waals surface area contributed by atoms with E-state index in [2.05, 4.69) is 27.1 Å². The van der Waals surface area contributed by atoms with Crippen LogP contribution in [0.4, 0.5) is 0 Å². The molecule has 0 radical (unpaired) electrons. The van der Waals surface area contributed by atoms with Crippen molar-refractivity contribution in [3.8, 4) is 0 Å². The van der Waals surface area contributed by atoms with Gasteiger partial charge in [0.15, 0.2) is 5.82 Å². The van der Waals surface area contributed by atoms with Crippen LogP contribution in [-0.2, 0) is 17.8 Å². The lowest BCUT2D eigenvalue weighted by molar-refractivity contribution is -0.130. The number of nitrogens with zero attached hydrogens (tertiary/aromatic N) is 5. The van der Waals surface area contributed by atoms with Gasteiger partial charge in [0.05, 0.1) is 13.0 Å². The van der Waals surface area contributed by atoms with Gasteiger partial charge in [0, 0.05) is 37.9 Å². The number of hydrogen-bond donors (Lipinski definition) is 0. The van der Waals surface area contributed by atoms with Crippen LogP contribution >= 0.6 is 0 Å². The summed E-state index contributed by atoms with van der Waals surface area (Å²) in [4.78, 5) is 25.4. The lowest BCUT2D eigenvalue weighted by atomic mass is 10.1. The second-order valence-corrected chi connectivity index (χ2v) is 7.09. The molecule has 1 aliphatic heterocycles. The van der Waals surface area contributed by atoms with Crippen LogP contribution in [0, 0.1) is 13.8 Å². The molecular weight excluding hydrogens is 330 g/mol. The summed E-state index contributed by atoms with van der Waals surface area (Å²) in [5, 5.41) is 3.97. The van der Waals surface area contributed by atoms with Crippen LogP contribution in [0.1, 0.15) is 42.2 Å². The number of pyridine rings is 1. The summed E-state index contributed by atoms with van der Waals surface area (Å²) >= 11 is 0. The van der Waals surface area contributed by atoms with Crippen LogP contribution in [0.5, 0.6) is 0 Å². The van der Waals surface area contributed by atoms with Crippen LogP contribution in [0.2, 0.25) is 0 Å². The van der Waals surface area contributed by atoms with E-state index in [0.29, 0.717) is 30.7 Å². The van der Waals surface area contributed by atoms with Gasteiger partial charge in [-0.1, -0.05) is 11.2 Å². The van der Waals surface area contributed by atoms with Gasteiger partial charge in [0.25, 0.3) is 0 Å². The van der Waals surface area contributed by atoms with E-state index in [1.165, 1.54) is 0 Å².